The van der Waals surface area contributed by atoms with Crippen LogP contribution in [-0.2, 0) is 14.3 Å². The Bertz CT molecular complexity index is 541. The van der Waals surface area contributed by atoms with Crippen LogP contribution in [0.15, 0.2) is 18.2 Å². The zero-order chi connectivity index (χ0) is 16.3. The van der Waals surface area contributed by atoms with Gasteiger partial charge in [-0.1, -0.05) is 0 Å². The minimum absolute atomic E-state index is 0.335. The van der Waals surface area contributed by atoms with Crippen molar-refractivity contribution in [3.05, 3.63) is 23.8 Å². The molecule has 0 saturated heterocycles. The number of carbonyl (C=O) groups excluding carboxylic acids is 1. The van der Waals surface area contributed by atoms with Crippen molar-refractivity contribution in [2.24, 2.45) is 0 Å². The minimum Gasteiger partial charge on any atom is -0.483 e. The van der Waals surface area contributed by atoms with Crippen molar-refractivity contribution < 1.29 is 19.0 Å². The van der Waals surface area contributed by atoms with Gasteiger partial charge in [-0.2, -0.15) is 0 Å². The standard InChI is InChI=1S/C17H25NO4/c1-6-18-12-8-9-14-13(10-12)15(20-7-2)16(21-11(3)19)17(4,5)22-14/h8-10,15-16,18H,6-7H2,1-5H3. The van der Waals surface area contributed by atoms with E-state index in [1.165, 1.54) is 6.92 Å². The summed E-state index contributed by atoms with van der Waals surface area (Å²) < 4.78 is 17.5. The van der Waals surface area contributed by atoms with Crippen LogP contribution in [-0.4, -0.2) is 30.8 Å². The Morgan fingerprint density at radius 1 is 1.36 bits per heavy atom. The molecule has 2 unspecified atom stereocenters. The number of hydrogen-bond acceptors (Lipinski definition) is 5. The Kier molecular flexibility index (Phi) is 4.96. The van der Waals surface area contributed by atoms with Gasteiger partial charge in [0.1, 0.15) is 17.5 Å². The van der Waals surface area contributed by atoms with Crippen molar-refractivity contribution in [2.45, 2.75) is 52.4 Å². The maximum absolute atomic E-state index is 11.5. The molecule has 5 heteroatoms. The van der Waals surface area contributed by atoms with E-state index in [1.807, 2.05) is 45.9 Å². The third-order valence-electron chi connectivity index (χ3n) is 3.67. The summed E-state index contributed by atoms with van der Waals surface area (Å²) in [5, 5.41) is 3.28. The SMILES string of the molecule is CCNc1ccc2c(c1)C(OCC)C(OC(C)=O)C(C)(C)O2. The first-order chi connectivity index (χ1) is 10.4. The van der Waals surface area contributed by atoms with Crippen molar-refractivity contribution >= 4 is 11.7 Å². The summed E-state index contributed by atoms with van der Waals surface area (Å²) in [7, 11) is 0. The molecule has 1 aliphatic rings. The lowest BCUT2D eigenvalue weighted by Crippen LogP contribution is -2.51. The summed E-state index contributed by atoms with van der Waals surface area (Å²) in [6.45, 7) is 10.6. The summed E-state index contributed by atoms with van der Waals surface area (Å²) in [6.07, 6.45) is -0.833. The fraction of sp³-hybridized carbons (Fsp3) is 0.588. The predicted octanol–water partition coefficient (Wildman–Crippen LogP) is 3.30. The summed E-state index contributed by atoms with van der Waals surface area (Å²) >= 11 is 0. The molecule has 1 N–H and O–H groups in total. The Hall–Kier alpha value is -1.75. The Balaban J connectivity index is 2.45. The highest BCUT2D eigenvalue weighted by Crippen LogP contribution is 2.44. The van der Waals surface area contributed by atoms with E-state index in [1.54, 1.807) is 0 Å². The molecule has 5 nitrogen and oxygen atoms in total. The summed E-state index contributed by atoms with van der Waals surface area (Å²) in [5.41, 5.74) is 1.25. The first kappa shape index (κ1) is 16.6. The molecule has 0 fully saturated rings. The number of carbonyl (C=O) groups is 1. The molecule has 2 rings (SSSR count). The normalized spacial score (nSPS) is 22.4. The number of hydrogen-bond donors (Lipinski definition) is 1. The average molecular weight is 307 g/mol. The van der Waals surface area contributed by atoms with Gasteiger partial charge in [0.25, 0.3) is 0 Å². The molecule has 0 spiro atoms. The van der Waals surface area contributed by atoms with Crippen molar-refractivity contribution in [2.75, 3.05) is 18.5 Å². The Morgan fingerprint density at radius 3 is 2.68 bits per heavy atom. The average Bonchev–Trinajstić information content (AvgIpc) is 2.43. The molecular weight excluding hydrogens is 282 g/mol. The van der Waals surface area contributed by atoms with E-state index < -0.39 is 11.7 Å². The highest BCUT2D eigenvalue weighted by Gasteiger charge is 2.47. The maximum atomic E-state index is 11.5. The largest absolute Gasteiger partial charge is 0.483 e. The first-order valence-electron chi connectivity index (χ1n) is 7.74. The number of nitrogens with one attached hydrogen (secondary N) is 1. The van der Waals surface area contributed by atoms with Crippen LogP contribution < -0.4 is 10.1 Å². The number of fused-ring (bicyclic) bond motifs is 1. The smallest absolute Gasteiger partial charge is 0.303 e. The van der Waals surface area contributed by atoms with Gasteiger partial charge in [-0.25, -0.2) is 0 Å². The van der Waals surface area contributed by atoms with Crippen LogP contribution in [0.3, 0.4) is 0 Å². The van der Waals surface area contributed by atoms with Crippen LogP contribution in [0.4, 0.5) is 5.69 Å². The lowest BCUT2D eigenvalue weighted by Gasteiger charge is -2.43. The zero-order valence-electron chi connectivity index (χ0n) is 13.9. The van der Waals surface area contributed by atoms with Crippen molar-refractivity contribution in [3.63, 3.8) is 0 Å². The fourth-order valence-electron chi connectivity index (χ4n) is 2.79. The second-order valence-corrected chi connectivity index (χ2v) is 5.89. The van der Waals surface area contributed by atoms with E-state index in [4.69, 9.17) is 14.2 Å². The molecule has 1 aromatic carbocycles. The second-order valence-electron chi connectivity index (χ2n) is 5.89. The molecule has 22 heavy (non-hydrogen) atoms. The zero-order valence-corrected chi connectivity index (χ0v) is 13.9. The molecule has 122 valence electrons. The van der Waals surface area contributed by atoms with Gasteiger partial charge >= 0.3 is 5.97 Å². The summed E-state index contributed by atoms with van der Waals surface area (Å²) in [6, 6.07) is 5.92. The van der Waals surface area contributed by atoms with E-state index in [9.17, 15) is 4.79 Å². The van der Waals surface area contributed by atoms with Crippen LogP contribution in [0, 0.1) is 0 Å². The van der Waals surface area contributed by atoms with Gasteiger partial charge in [0, 0.05) is 31.3 Å². The molecule has 1 heterocycles. The topological polar surface area (TPSA) is 56.8 Å². The quantitative estimate of drug-likeness (QED) is 0.846. The van der Waals surface area contributed by atoms with Gasteiger partial charge in [0.15, 0.2) is 6.10 Å². The third kappa shape index (κ3) is 3.35. The molecule has 1 aliphatic heterocycles. The van der Waals surface area contributed by atoms with Crippen LogP contribution >= 0.6 is 0 Å². The monoisotopic (exact) mass is 307 g/mol. The highest BCUT2D eigenvalue weighted by molar-refractivity contribution is 5.66. The van der Waals surface area contributed by atoms with Crippen molar-refractivity contribution in [3.8, 4) is 5.75 Å². The molecule has 0 aromatic heterocycles. The lowest BCUT2D eigenvalue weighted by molar-refractivity contribution is -0.181. The van der Waals surface area contributed by atoms with Gasteiger partial charge in [-0.05, 0) is 45.9 Å². The van der Waals surface area contributed by atoms with E-state index >= 15 is 0 Å². The Morgan fingerprint density at radius 2 is 2.09 bits per heavy atom. The van der Waals surface area contributed by atoms with Gasteiger partial charge in [0.05, 0.1) is 0 Å². The number of esters is 1. The van der Waals surface area contributed by atoms with E-state index in [0.29, 0.717) is 6.61 Å². The molecule has 0 radical (unpaired) electrons. The maximum Gasteiger partial charge on any atom is 0.303 e. The van der Waals surface area contributed by atoms with Crippen LogP contribution in [0.5, 0.6) is 5.75 Å². The summed E-state index contributed by atoms with van der Waals surface area (Å²) in [4.78, 5) is 11.5. The van der Waals surface area contributed by atoms with E-state index in [-0.39, 0.29) is 12.1 Å². The van der Waals surface area contributed by atoms with E-state index in [2.05, 4.69) is 5.32 Å². The molecule has 1 aromatic rings. The van der Waals surface area contributed by atoms with Gasteiger partial charge in [-0.3, -0.25) is 4.79 Å². The van der Waals surface area contributed by atoms with Gasteiger partial charge in [-0.15, -0.1) is 0 Å². The first-order valence-corrected chi connectivity index (χ1v) is 7.74. The predicted molar refractivity (Wildman–Crippen MR) is 85.2 cm³/mol. The molecule has 0 bridgehead atoms. The van der Waals surface area contributed by atoms with Gasteiger partial charge < -0.3 is 19.5 Å². The van der Waals surface area contributed by atoms with Crippen molar-refractivity contribution in [1.29, 1.82) is 0 Å². The molecule has 2 atom stereocenters. The van der Waals surface area contributed by atoms with Crippen LogP contribution in [0.1, 0.15) is 46.3 Å². The molecule has 0 saturated carbocycles. The molecular formula is C17H25NO4. The molecule has 0 amide bonds. The van der Waals surface area contributed by atoms with E-state index in [0.717, 1.165) is 23.5 Å². The third-order valence-corrected chi connectivity index (χ3v) is 3.67. The lowest BCUT2D eigenvalue weighted by atomic mass is 9.88. The second kappa shape index (κ2) is 6.57. The van der Waals surface area contributed by atoms with Crippen LogP contribution in [0.2, 0.25) is 0 Å². The minimum atomic E-state index is -0.655. The fourth-order valence-corrected chi connectivity index (χ4v) is 2.79. The Labute approximate surface area is 131 Å². The van der Waals surface area contributed by atoms with Crippen molar-refractivity contribution in [1.82, 2.24) is 0 Å². The number of ether oxygens (including phenoxy) is 3. The number of anilines is 1. The van der Waals surface area contributed by atoms with Gasteiger partial charge in [0.2, 0.25) is 0 Å². The van der Waals surface area contributed by atoms with Crippen LogP contribution in [0.25, 0.3) is 0 Å². The number of benzene rings is 1. The highest BCUT2D eigenvalue weighted by atomic mass is 16.6. The summed E-state index contributed by atoms with van der Waals surface area (Å²) in [5.74, 6) is 0.436. The number of rotatable bonds is 5. The molecule has 0 aliphatic carbocycles.